The Morgan fingerprint density at radius 2 is 1.56 bits per heavy atom. The Morgan fingerprint density at radius 3 is 2.21 bits per heavy atom. The van der Waals surface area contributed by atoms with Gasteiger partial charge in [0.25, 0.3) is 0 Å². The highest BCUT2D eigenvalue weighted by Gasteiger charge is 2.35. The van der Waals surface area contributed by atoms with Crippen molar-refractivity contribution in [1.82, 2.24) is 4.90 Å². The molecule has 1 heterocycles. The van der Waals surface area contributed by atoms with E-state index in [1.54, 1.807) is 12.1 Å². The van der Waals surface area contributed by atoms with Crippen molar-refractivity contribution >= 4 is 11.5 Å². The van der Waals surface area contributed by atoms with Gasteiger partial charge in [-0.25, -0.2) is 0 Å². The molecule has 1 aromatic carbocycles. The summed E-state index contributed by atoms with van der Waals surface area (Å²) in [6.45, 7) is 3.92. The smallest absolute Gasteiger partial charge is 0.368 e. The van der Waals surface area contributed by atoms with Crippen LogP contribution in [0.15, 0.2) is 24.3 Å². The van der Waals surface area contributed by atoms with Crippen LogP contribution in [0.3, 0.4) is 0 Å². The van der Waals surface area contributed by atoms with E-state index in [0.717, 1.165) is 44.3 Å². The van der Waals surface area contributed by atoms with Crippen molar-refractivity contribution in [3.63, 3.8) is 0 Å². The first-order valence-electron chi connectivity index (χ1n) is 12.9. The number of alkyl halides is 3. The average Bonchev–Trinajstić information content (AvgIpc) is 2.83. The largest absolute Gasteiger partial charge is 0.418 e. The third-order valence-electron chi connectivity index (χ3n) is 7.55. The first kappa shape index (κ1) is 26.5. The summed E-state index contributed by atoms with van der Waals surface area (Å²) in [7, 11) is 0. The van der Waals surface area contributed by atoms with Gasteiger partial charge in [0, 0.05) is 51.1 Å². The number of rotatable bonds is 11. The monoisotopic (exact) mass is 477 g/mol. The minimum atomic E-state index is -4.32. The Hall–Kier alpha value is -2.07. The van der Waals surface area contributed by atoms with Crippen LogP contribution in [-0.2, 0) is 11.0 Å². The highest BCUT2D eigenvalue weighted by Crippen LogP contribution is 2.37. The summed E-state index contributed by atoms with van der Waals surface area (Å²) in [5.41, 5.74) is -0.236. The summed E-state index contributed by atoms with van der Waals surface area (Å²) in [6.07, 6.45) is 6.32. The highest BCUT2D eigenvalue weighted by atomic mass is 19.4. The van der Waals surface area contributed by atoms with Crippen molar-refractivity contribution in [3.05, 3.63) is 29.8 Å². The number of unbranched alkanes of at least 4 members (excludes halogenated alkanes) is 1. The normalized spacial score (nSPS) is 21.9. The van der Waals surface area contributed by atoms with Crippen LogP contribution in [0.5, 0.6) is 0 Å². The highest BCUT2D eigenvalue weighted by molar-refractivity contribution is 5.78. The van der Waals surface area contributed by atoms with Crippen LogP contribution in [-0.4, -0.2) is 43.4 Å². The van der Waals surface area contributed by atoms with Crippen LogP contribution in [0.1, 0.15) is 76.2 Å². The molecule has 1 saturated carbocycles. The summed E-state index contributed by atoms with van der Waals surface area (Å²) >= 11 is 0. The van der Waals surface area contributed by atoms with E-state index in [1.807, 2.05) is 4.90 Å². The van der Waals surface area contributed by atoms with Gasteiger partial charge >= 0.3 is 6.18 Å². The number of ketones is 1. The Bertz CT molecular complexity index is 804. The molecule has 188 valence electrons. The molecular weight excluding hydrogens is 439 g/mol. The molecular formula is C27H38F3N3O. The second-order valence-electron chi connectivity index (χ2n) is 9.96. The Balaban J connectivity index is 1.30. The summed E-state index contributed by atoms with van der Waals surface area (Å²) < 4.78 is 40.0. The molecule has 1 aliphatic carbocycles. The topological polar surface area (TPSA) is 47.3 Å². The van der Waals surface area contributed by atoms with Crippen LogP contribution in [0.25, 0.3) is 0 Å². The predicted octanol–water partition coefficient (Wildman–Crippen LogP) is 6.46. The van der Waals surface area contributed by atoms with Crippen molar-refractivity contribution in [2.24, 2.45) is 11.8 Å². The molecule has 2 aliphatic rings. The van der Waals surface area contributed by atoms with Gasteiger partial charge in [-0.05, 0) is 49.8 Å². The summed E-state index contributed by atoms with van der Waals surface area (Å²) in [4.78, 5) is 16.1. The molecule has 1 aromatic rings. The number of Topliss-reactive ketones (excluding diaryl/α,β-unsaturated/α-hetero) is 1. The standard InChI is InChI=1S/C27H38F3N3O/c28-27(29,30)25-9-1-2-10-26(25)33-20-18-32(19-21-33)17-15-23-13-11-22(12-14-23)6-5-8-24(34)7-3-4-16-31/h1-2,9-10,22-23H,3-8,11-15,17-21H2. The number of hydrogen-bond acceptors (Lipinski definition) is 4. The molecule has 7 heteroatoms. The molecule has 34 heavy (non-hydrogen) atoms. The lowest BCUT2D eigenvalue weighted by atomic mass is 9.78. The van der Waals surface area contributed by atoms with Crippen LogP contribution < -0.4 is 4.90 Å². The van der Waals surface area contributed by atoms with E-state index in [2.05, 4.69) is 11.0 Å². The summed E-state index contributed by atoms with van der Waals surface area (Å²) in [5.74, 6) is 1.78. The first-order valence-corrected chi connectivity index (χ1v) is 12.9. The number of benzene rings is 1. The molecule has 0 amide bonds. The fraction of sp³-hybridized carbons (Fsp3) is 0.704. The Morgan fingerprint density at radius 1 is 0.941 bits per heavy atom. The summed E-state index contributed by atoms with van der Waals surface area (Å²) in [5, 5.41) is 8.55. The van der Waals surface area contributed by atoms with Crippen molar-refractivity contribution < 1.29 is 18.0 Å². The van der Waals surface area contributed by atoms with Crippen LogP contribution in [0.4, 0.5) is 18.9 Å². The lowest BCUT2D eigenvalue weighted by Crippen LogP contribution is -2.47. The van der Waals surface area contributed by atoms with Gasteiger partial charge in [0.15, 0.2) is 0 Å². The van der Waals surface area contributed by atoms with E-state index in [-0.39, 0.29) is 0 Å². The van der Waals surface area contributed by atoms with Gasteiger partial charge in [-0.2, -0.15) is 18.4 Å². The average molecular weight is 478 g/mol. The molecule has 1 aliphatic heterocycles. The zero-order chi connectivity index (χ0) is 24.4. The van der Waals surface area contributed by atoms with E-state index in [4.69, 9.17) is 5.26 Å². The van der Waals surface area contributed by atoms with E-state index >= 15 is 0 Å². The fourth-order valence-electron chi connectivity index (χ4n) is 5.45. The molecule has 0 N–H and O–H groups in total. The SMILES string of the molecule is N#CCCCC(=O)CCCC1CCC(CCN2CCN(c3ccccc3C(F)(F)F)CC2)CC1. The Kier molecular flexibility index (Phi) is 10.2. The second kappa shape index (κ2) is 13.1. The molecule has 0 bridgehead atoms. The Labute approximate surface area is 202 Å². The van der Waals surface area contributed by atoms with E-state index in [0.29, 0.717) is 50.2 Å². The molecule has 2 fully saturated rings. The molecule has 0 unspecified atom stereocenters. The quantitative estimate of drug-likeness (QED) is 0.343. The molecule has 0 atom stereocenters. The van der Waals surface area contributed by atoms with Crippen molar-refractivity contribution in [2.45, 2.75) is 76.8 Å². The van der Waals surface area contributed by atoms with Crippen LogP contribution >= 0.6 is 0 Å². The van der Waals surface area contributed by atoms with Gasteiger partial charge in [0.2, 0.25) is 0 Å². The number of anilines is 1. The number of nitriles is 1. The van der Waals surface area contributed by atoms with Crippen molar-refractivity contribution in [1.29, 1.82) is 5.26 Å². The molecule has 3 rings (SSSR count). The van der Waals surface area contributed by atoms with Gasteiger partial charge in [-0.3, -0.25) is 9.69 Å². The number of halogens is 3. The number of hydrogen-bond donors (Lipinski definition) is 0. The third-order valence-corrected chi connectivity index (χ3v) is 7.55. The van der Waals surface area contributed by atoms with Gasteiger partial charge < -0.3 is 4.90 Å². The lowest BCUT2D eigenvalue weighted by molar-refractivity contribution is -0.137. The summed E-state index contributed by atoms with van der Waals surface area (Å²) in [6, 6.07) is 7.98. The molecule has 0 spiro atoms. The van der Waals surface area contributed by atoms with Crippen molar-refractivity contribution in [3.8, 4) is 6.07 Å². The maximum atomic E-state index is 13.3. The number of carbonyl (C=O) groups is 1. The third kappa shape index (κ3) is 8.30. The van der Waals surface area contributed by atoms with Crippen LogP contribution in [0.2, 0.25) is 0 Å². The minimum Gasteiger partial charge on any atom is -0.368 e. The number of piperazine rings is 1. The van der Waals surface area contributed by atoms with Crippen molar-refractivity contribution in [2.75, 3.05) is 37.6 Å². The zero-order valence-electron chi connectivity index (χ0n) is 20.2. The van der Waals surface area contributed by atoms with Gasteiger partial charge in [-0.15, -0.1) is 0 Å². The lowest BCUT2D eigenvalue weighted by Gasteiger charge is -2.38. The maximum absolute atomic E-state index is 13.3. The van der Waals surface area contributed by atoms with E-state index in [9.17, 15) is 18.0 Å². The second-order valence-corrected chi connectivity index (χ2v) is 9.96. The maximum Gasteiger partial charge on any atom is 0.418 e. The number of nitrogens with zero attached hydrogens (tertiary/aromatic N) is 3. The molecule has 4 nitrogen and oxygen atoms in total. The minimum absolute atomic E-state index is 0.297. The van der Waals surface area contributed by atoms with E-state index < -0.39 is 11.7 Å². The van der Waals surface area contributed by atoms with Gasteiger partial charge in [-0.1, -0.05) is 44.2 Å². The van der Waals surface area contributed by atoms with Gasteiger partial charge in [0.1, 0.15) is 5.78 Å². The molecule has 0 radical (unpaired) electrons. The predicted molar refractivity (Wildman–Crippen MR) is 128 cm³/mol. The van der Waals surface area contributed by atoms with Crippen LogP contribution in [0, 0.1) is 23.2 Å². The first-order chi connectivity index (χ1) is 16.4. The van der Waals surface area contributed by atoms with Gasteiger partial charge in [0.05, 0.1) is 11.6 Å². The fourth-order valence-corrected chi connectivity index (χ4v) is 5.45. The molecule has 0 aromatic heterocycles. The molecule has 1 saturated heterocycles. The van der Waals surface area contributed by atoms with E-state index in [1.165, 1.54) is 44.2 Å². The number of carbonyl (C=O) groups excluding carboxylic acids is 1. The number of para-hydroxylation sites is 1. The zero-order valence-corrected chi connectivity index (χ0v) is 20.2.